The van der Waals surface area contributed by atoms with Crippen LogP contribution in [0.1, 0.15) is 36.5 Å². The minimum absolute atomic E-state index is 0.0105. The van der Waals surface area contributed by atoms with Crippen LogP contribution in [0, 0.1) is 0 Å². The zero-order chi connectivity index (χ0) is 15.1. The van der Waals surface area contributed by atoms with Crippen LogP contribution in [-0.2, 0) is 10.0 Å². The normalized spacial score (nSPS) is 17.4. The van der Waals surface area contributed by atoms with Crippen LogP contribution in [0.15, 0.2) is 17.0 Å². The molecule has 3 N–H and O–H groups in total. The van der Waals surface area contributed by atoms with Crippen LogP contribution < -0.4 is 10.5 Å². The molecule has 0 spiro atoms. The first-order valence-electron chi connectivity index (χ1n) is 5.97. The first-order valence-corrected chi connectivity index (χ1v) is 8.27. The topological polar surface area (TPSA) is 89.3 Å². The van der Waals surface area contributed by atoms with Crippen LogP contribution in [-0.4, -0.2) is 19.9 Å². The fourth-order valence-corrected chi connectivity index (χ4v) is 3.11. The van der Waals surface area contributed by atoms with E-state index in [1.165, 1.54) is 0 Å². The molecule has 1 aromatic carbocycles. The van der Waals surface area contributed by atoms with Crippen molar-refractivity contribution in [2.45, 2.75) is 36.6 Å². The molecule has 0 saturated heterocycles. The average molecular weight is 337 g/mol. The van der Waals surface area contributed by atoms with Gasteiger partial charge in [0, 0.05) is 5.54 Å². The average Bonchev–Trinajstić information content (AvgIpc) is 2.28. The van der Waals surface area contributed by atoms with E-state index in [1.54, 1.807) is 0 Å². The number of nitrogens with two attached hydrogens (primary N) is 1. The highest BCUT2D eigenvalue weighted by molar-refractivity contribution is 7.89. The second-order valence-electron chi connectivity index (χ2n) is 5.18. The second kappa shape index (κ2) is 5.18. The number of rotatable bonds is 3. The highest BCUT2D eigenvalue weighted by Gasteiger charge is 2.34. The van der Waals surface area contributed by atoms with Crippen molar-refractivity contribution >= 4 is 39.1 Å². The van der Waals surface area contributed by atoms with Gasteiger partial charge >= 0.3 is 0 Å². The van der Waals surface area contributed by atoms with Crippen LogP contribution in [0.3, 0.4) is 0 Å². The lowest BCUT2D eigenvalue weighted by Crippen LogP contribution is -2.51. The van der Waals surface area contributed by atoms with Gasteiger partial charge in [-0.3, -0.25) is 4.79 Å². The van der Waals surface area contributed by atoms with E-state index in [0.29, 0.717) is 0 Å². The molecule has 1 aromatic rings. The molecule has 1 aliphatic carbocycles. The fraction of sp³-hybridized carbons (Fsp3) is 0.417. The molecule has 0 unspecified atom stereocenters. The molecule has 1 saturated carbocycles. The Hall–Kier alpha value is -0.820. The van der Waals surface area contributed by atoms with Crippen LogP contribution in [0.25, 0.3) is 0 Å². The number of benzene rings is 1. The SMILES string of the molecule is CC1(NC(=O)c2cc(S(N)(=O)=O)cc(Cl)c2Cl)CCC1. The summed E-state index contributed by atoms with van der Waals surface area (Å²) in [6.07, 6.45) is 2.79. The Morgan fingerprint density at radius 2 is 1.95 bits per heavy atom. The number of sulfonamides is 1. The lowest BCUT2D eigenvalue weighted by molar-refractivity contribution is 0.0850. The Balaban J connectivity index is 2.40. The van der Waals surface area contributed by atoms with Crippen molar-refractivity contribution in [2.24, 2.45) is 5.14 Å². The third kappa shape index (κ3) is 3.09. The third-order valence-corrected chi connectivity index (χ3v) is 5.14. The molecule has 0 atom stereocenters. The number of hydrogen-bond acceptors (Lipinski definition) is 3. The van der Waals surface area contributed by atoms with Crippen molar-refractivity contribution in [3.63, 3.8) is 0 Å². The summed E-state index contributed by atoms with van der Waals surface area (Å²) in [5.74, 6) is -0.454. The maximum absolute atomic E-state index is 12.2. The molecule has 2 rings (SSSR count). The molecule has 1 fully saturated rings. The van der Waals surface area contributed by atoms with Crippen molar-refractivity contribution in [1.82, 2.24) is 5.32 Å². The minimum atomic E-state index is -3.96. The van der Waals surface area contributed by atoms with Gasteiger partial charge in [0.15, 0.2) is 0 Å². The molecular weight excluding hydrogens is 323 g/mol. The van der Waals surface area contributed by atoms with Crippen molar-refractivity contribution in [3.05, 3.63) is 27.7 Å². The first-order chi connectivity index (χ1) is 9.12. The van der Waals surface area contributed by atoms with Gasteiger partial charge in [-0.15, -0.1) is 0 Å². The van der Waals surface area contributed by atoms with E-state index >= 15 is 0 Å². The molecule has 0 aliphatic heterocycles. The van der Waals surface area contributed by atoms with E-state index < -0.39 is 15.9 Å². The van der Waals surface area contributed by atoms with Gasteiger partial charge in [-0.2, -0.15) is 0 Å². The van der Waals surface area contributed by atoms with Gasteiger partial charge in [-0.25, -0.2) is 13.6 Å². The Morgan fingerprint density at radius 3 is 2.40 bits per heavy atom. The highest BCUT2D eigenvalue weighted by Crippen LogP contribution is 2.33. The summed E-state index contributed by atoms with van der Waals surface area (Å²) in [5.41, 5.74) is -0.263. The highest BCUT2D eigenvalue weighted by atomic mass is 35.5. The molecule has 110 valence electrons. The second-order valence-corrected chi connectivity index (χ2v) is 7.53. The van der Waals surface area contributed by atoms with Gasteiger partial charge < -0.3 is 5.32 Å². The smallest absolute Gasteiger partial charge is 0.253 e. The van der Waals surface area contributed by atoms with E-state index in [2.05, 4.69) is 5.32 Å². The van der Waals surface area contributed by atoms with Gasteiger partial charge in [0.05, 0.1) is 20.5 Å². The molecule has 1 aliphatic rings. The maximum atomic E-state index is 12.2. The van der Waals surface area contributed by atoms with Crippen LogP contribution in [0.5, 0.6) is 0 Å². The third-order valence-electron chi connectivity index (χ3n) is 3.45. The number of carbonyl (C=O) groups is 1. The summed E-state index contributed by atoms with van der Waals surface area (Å²) in [6, 6.07) is 2.27. The standard InChI is InChI=1S/C12H14Cl2N2O3S/c1-12(3-2-4-12)16-11(17)8-5-7(20(15,18)19)6-9(13)10(8)14/h5-6H,2-4H2,1H3,(H,16,17)(H2,15,18,19). The van der Waals surface area contributed by atoms with Crippen LogP contribution in [0.2, 0.25) is 10.0 Å². The number of amides is 1. The first kappa shape index (κ1) is 15.6. The zero-order valence-electron chi connectivity index (χ0n) is 10.7. The lowest BCUT2D eigenvalue weighted by atomic mass is 9.78. The van der Waals surface area contributed by atoms with E-state index in [4.69, 9.17) is 28.3 Å². The summed E-state index contributed by atoms with van der Waals surface area (Å²) in [4.78, 5) is 12.0. The molecule has 5 nitrogen and oxygen atoms in total. The fourth-order valence-electron chi connectivity index (χ4n) is 2.07. The van der Waals surface area contributed by atoms with Gasteiger partial charge in [0.25, 0.3) is 5.91 Å². The van der Waals surface area contributed by atoms with Crippen molar-refractivity contribution in [3.8, 4) is 0 Å². The van der Waals surface area contributed by atoms with E-state index in [9.17, 15) is 13.2 Å². The van der Waals surface area contributed by atoms with Gasteiger partial charge in [-0.1, -0.05) is 23.2 Å². The van der Waals surface area contributed by atoms with E-state index in [-0.39, 0.29) is 26.0 Å². The molecule has 0 heterocycles. The van der Waals surface area contributed by atoms with Crippen LogP contribution >= 0.6 is 23.2 Å². The van der Waals surface area contributed by atoms with E-state index in [0.717, 1.165) is 31.4 Å². The van der Waals surface area contributed by atoms with Crippen molar-refractivity contribution in [1.29, 1.82) is 0 Å². The Bertz CT molecular complexity index is 670. The van der Waals surface area contributed by atoms with Gasteiger partial charge in [-0.05, 0) is 38.3 Å². The lowest BCUT2D eigenvalue weighted by Gasteiger charge is -2.39. The van der Waals surface area contributed by atoms with Crippen LogP contribution in [0.4, 0.5) is 0 Å². The molecule has 20 heavy (non-hydrogen) atoms. The molecule has 0 bridgehead atoms. The van der Waals surface area contributed by atoms with E-state index in [1.807, 2.05) is 6.92 Å². The summed E-state index contributed by atoms with van der Waals surface area (Å²) in [6.45, 7) is 1.92. The summed E-state index contributed by atoms with van der Waals surface area (Å²) in [7, 11) is -3.96. The molecule has 8 heteroatoms. The Kier molecular flexibility index (Phi) is 4.03. The summed E-state index contributed by atoms with van der Waals surface area (Å²) in [5, 5.41) is 7.87. The van der Waals surface area contributed by atoms with Gasteiger partial charge in [0.1, 0.15) is 0 Å². The number of primary sulfonamides is 1. The molecular formula is C12H14Cl2N2O3S. The summed E-state index contributed by atoms with van der Waals surface area (Å²) >= 11 is 11.8. The molecule has 0 aromatic heterocycles. The van der Waals surface area contributed by atoms with Crippen molar-refractivity contribution in [2.75, 3.05) is 0 Å². The Labute approximate surface area is 127 Å². The van der Waals surface area contributed by atoms with Crippen molar-refractivity contribution < 1.29 is 13.2 Å². The number of hydrogen-bond donors (Lipinski definition) is 2. The number of halogens is 2. The number of nitrogens with one attached hydrogen (secondary N) is 1. The number of carbonyl (C=O) groups excluding carboxylic acids is 1. The predicted molar refractivity (Wildman–Crippen MR) is 77.6 cm³/mol. The zero-order valence-corrected chi connectivity index (χ0v) is 13.1. The molecule has 0 radical (unpaired) electrons. The summed E-state index contributed by atoms with van der Waals surface area (Å²) < 4.78 is 22.7. The Morgan fingerprint density at radius 1 is 1.35 bits per heavy atom. The largest absolute Gasteiger partial charge is 0.347 e. The maximum Gasteiger partial charge on any atom is 0.253 e. The van der Waals surface area contributed by atoms with Gasteiger partial charge in [0.2, 0.25) is 10.0 Å². The quantitative estimate of drug-likeness (QED) is 0.887. The molecule has 1 amide bonds. The monoisotopic (exact) mass is 336 g/mol. The minimum Gasteiger partial charge on any atom is -0.347 e. The predicted octanol–water partition coefficient (Wildman–Crippen LogP) is 2.31.